The highest BCUT2D eigenvalue weighted by Crippen LogP contribution is 2.26. The average molecular weight is 309 g/mol. The molecule has 1 aromatic carbocycles. The molecular formula is C16H18Cl2N2. The first-order valence-corrected chi connectivity index (χ1v) is 7.45. The first-order valence-electron chi connectivity index (χ1n) is 6.69. The molecule has 0 aliphatic rings. The molecule has 1 atom stereocenters. The van der Waals surface area contributed by atoms with Crippen LogP contribution in [-0.4, -0.2) is 18.1 Å². The third-order valence-electron chi connectivity index (χ3n) is 3.42. The minimum absolute atomic E-state index is 0.340. The van der Waals surface area contributed by atoms with Gasteiger partial charge in [-0.1, -0.05) is 35.3 Å². The molecule has 0 aliphatic heterocycles. The second-order valence-electron chi connectivity index (χ2n) is 4.79. The van der Waals surface area contributed by atoms with Crippen molar-refractivity contribution in [3.63, 3.8) is 0 Å². The zero-order valence-electron chi connectivity index (χ0n) is 11.4. The minimum atomic E-state index is 0.340. The molecule has 4 heteroatoms. The normalized spacial score (nSPS) is 12.3. The van der Waals surface area contributed by atoms with Gasteiger partial charge in [-0.05, 0) is 55.6 Å². The number of pyridine rings is 1. The summed E-state index contributed by atoms with van der Waals surface area (Å²) in [5.41, 5.74) is 2.26. The SMILES string of the molecule is CNC(CCc1cccnc1)Cc1c(Cl)cccc1Cl. The summed E-state index contributed by atoms with van der Waals surface area (Å²) >= 11 is 12.5. The van der Waals surface area contributed by atoms with Gasteiger partial charge < -0.3 is 5.32 Å². The second-order valence-corrected chi connectivity index (χ2v) is 5.60. The highest BCUT2D eigenvalue weighted by Gasteiger charge is 2.12. The van der Waals surface area contributed by atoms with Crippen molar-refractivity contribution in [2.75, 3.05) is 7.05 Å². The molecule has 0 saturated carbocycles. The number of aryl methyl sites for hydroxylation is 1. The van der Waals surface area contributed by atoms with E-state index in [1.54, 1.807) is 6.20 Å². The van der Waals surface area contributed by atoms with Crippen LogP contribution in [0.15, 0.2) is 42.7 Å². The van der Waals surface area contributed by atoms with Crippen molar-refractivity contribution < 1.29 is 0 Å². The zero-order valence-corrected chi connectivity index (χ0v) is 13.0. The Morgan fingerprint density at radius 2 is 1.90 bits per heavy atom. The van der Waals surface area contributed by atoms with Gasteiger partial charge in [-0.3, -0.25) is 4.98 Å². The molecule has 0 bridgehead atoms. The summed E-state index contributed by atoms with van der Waals surface area (Å²) in [5, 5.41) is 4.81. The fourth-order valence-electron chi connectivity index (χ4n) is 2.21. The van der Waals surface area contributed by atoms with Crippen molar-refractivity contribution in [2.45, 2.75) is 25.3 Å². The number of nitrogens with one attached hydrogen (secondary N) is 1. The number of aromatic nitrogens is 1. The number of likely N-dealkylation sites (N-methyl/N-ethyl adjacent to an activating group) is 1. The Morgan fingerprint density at radius 1 is 1.15 bits per heavy atom. The molecule has 0 radical (unpaired) electrons. The molecule has 1 N–H and O–H groups in total. The van der Waals surface area contributed by atoms with Gasteiger partial charge >= 0.3 is 0 Å². The van der Waals surface area contributed by atoms with Crippen molar-refractivity contribution in [1.82, 2.24) is 10.3 Å². The Labute approximate surface area is 130 Å². The van der Waals surface area contributed by atoms with E-state index in [9.17, 15) is 0 Å². The Hall–Kier alpha value is -1.09. The van der Waals surface area contributed by atoms with Crippen molar-refractivity contribution in [3.8, 4) is 0 Å². The summed E-state index contributed by atoms with van der Waals surface area (Å²) in [6, 6.07) is 10.1. The molecule has 2 rings (SSSR count). The van der Waals surface area contributed by atoms with Gasteiger partial charge in [-0.15, -0.1) is 0 Å². The van der Waals surface area contributed by atoms with E-state index in [1.807, 2.05) is 37.5 Å². The van der Waals surface area contributed by atoms with E-state index >= 15 is 0 Å². The lowest BCUT2D eigenvalue weighted by Gasteiger charge is -2.17. The van der Waals surface area contributed by atoms with Crippen LogP contribution < -0.4 is 5.32 Å². The minimum Gasteiger partial charge on any atom is -0.317 e. The summed E-state index contributed by atoms with van der Waals surface area (Å²) in [6.07, 6.45) is 6.54. The van der Waals surface area contributed by atoms with E-state index in [-0.39, 0.29) is 0 Å². The predicted octanol–water partition coefficient (Wildman–Crippen LogP) is 4.15. The maximum atomic E-state index is 6.23. The first-order chi connectivity index (χ1) is 9.70. The quantitative estimate of drug-likeness (QED) is 0.867. The van der Waals surface area contributed by atoms with Crippen LogP contribution in [-0.2, 0) is 12.8 Å². The van der Waals surface area contributed by atoms with Gasteiger partial charge in [-0.25, -0.2) is 0 Å². The third kappa shape index (κ3) is 4.20. The summed E-state index contributed by atoms with van der Waals surface area (Å²) in [6.45, 7) is 0. The number of hydrogen-bond acceptors (Lipinski definition) is 2. The molecule has 0 aliphatic carbocycles. The van der Waals surface area contributed by atoms with Gasteiger partial charge in [0.1, 0.15) is 0 Å². The Morgan fingerprint density at radius 3 is 2.50 bits per heavy atom. The van der Waals surface area contributed by atoms with E-state index in [1.165, 1.54) is 5.56 Å². The molecule has 1 aromatic heterocycles. The maximum Gasteiger partial charge on any atom is 0.0453 e. The summed E-state index contributed by atoms with van der Waals surface area (Å²) in [7, 11) is 1.97. The van der Waals surface area contributed by atoms with E-state index in [0.29, 0.717) is 6.04 Å². The fourth-order valence-corrected chi connectivity index (χ4v) is 2.76. The maximum absolute atomic E-state index is 6.23. The van der Waals surface area contributed by atoms with Crippen molar-refractivity contribution in [2.24, 2.45) is 0 Å². The Balaban J connectivity index is 1.99. The molecule has 20 heavy (non-hydrogen) atoms. The van der Waals surface area contributed by atoms with E-state index < -0.39 is 0 Å². The molecule has 2 nitrogen and oxygen atoms in total. The first kappa shape index (κ1) is 15.3. The van der Waals surface area contributed by atoms with Crippen molar-refractivity contribution in [1.29, 1.82) is 0 Å². The highest BCUT2D eigenvalue weighted by molar-refractivity contribution is 6.36. The van der Waals surface area contributed by atoms with Gasteiger partial charge in [0.15, 0.2) is 0 Å². The van der Waals surface area contributed by atoms with Crippen LogP contribution in [0.1, 0.15) is 17.5 Å². The molecule has 106 valence electrons. The number of nitrogens with zero attached hydrogens (tertiary/aromatic N) is 1. The van der Waals surface area contributed by atoms with Crippen LogP contribution in [0.25, 0.3) is 0 Å². The van der Waals surface area contributed by atoms with E-state index in [2.05, 4.69) is 16.4 Å². The lowest BCUT2D eigenvalue weighted by Crippen LogP contribution is -2.28. The van der Waals surface area contributed by atoms with Gasteiger partial charge in [0.2, 0.25) is 0 Å². The molecular weight excluding hydrogens is 291 g/mol. The summed E-state index contributed by atoms with van der Waals surface area (Å²) < 4.78 is 0. The number of halogens is 2. The van der Waals surface area contributed by atoms with Crippen LogP contribution in [0, 0.1) is 0 Å². The lowest BCUT2D eigenvalue weighted by atomic mass is 9.99. The number of hydrogen-bond donors (Lipinski definition) is 1. The smallest absolute Gasteiger partial charge is 0.0453 e. The van der Waals surface area contributed by atoms with Crippen LogP contribution in [0.2, 0.25) is 10.0 Å². The lowest BCUT2D eigenvalue weighted by molar-refractivity contribution is 0.520. The monoisotopic (exact) mass is 308 g/mol. The van der Waals surface area contributed by atoms with Crippen molar-refractivity contribution >= 4 is 23.2 Å². The average Bonchev–Trinajstić information content (AvgIpc) is 2.47. The van der Waals surface area contributed by atoms with Gasteiger partial charge in [0.25, 0.3) is 0 Å². The highest BCUT2D eigenvalue weighted by atomic mass is 35.5. The van der Waals surface area contributed by atoms with E-state index in [0.717, 1.165) is 34.9 Å². The van der Waals surface area contributed by atoms with Gasteiger partial charge in [-0.2, -0.15) is 0 Å². The predicted molar refractivity (Wildman–Crippen MR) is 85.6 cm³/mol. The van der Waals surface area contributed by atoms with Crippen molar-refractivity contribution in [3.05, 3.63) is 63.9 Å². The fraction of sp³-hybridized carbons (Fsp3) is 0.312. The van der Waals surface area contributed by atoms with Crippen LogP contribution in [0.3, 0.4) is 0 Å². The number of rotatable bonds is 6. The molecule has 0 fully saturated rings. The second kappa shape index (κ2) is 7.63. The van der Waals surface area contributed by atoms with Gasteiger partial charge in [0.05, 0.1) is 0 Å². The third-order valence-corrected chi connectivity index (χ3v) is 4.13. The molecule has 1 unspecified atom stereocenters. The molecule has 0 saturated heterocycles. The summed E-state index contributed by atoms with van der Waals surface area (Å²) in [5.74, 6) is 0. The zero-order chi connectivity index (χ0) is 14.4. The van der Waals surface area contributed by atoms with Crippen LogP contribution in [0.4, 0.5) is 0 Å². The molecule has 0 spiro atoms. The molecule has 0 amide bonds. The largest absolute Gasteiger partial charge is 0.317 e. The molecule has 1 heterocycles. The summed E-state index contributed by atoms with van der Waals surface area (Å²) in [4.78, 5) is 4.14. The Bertz CT molecular complexity index is 523. The Kier molecular flexibility index (Phi) is 5.84. The van der Waals surface area contributed by atoms with Crippen LogP contribution in [0.5, 0.6) is 0 Å². The molecule has 2 aromatic rings. The van der Waals surface area contributed by atoms with Crippen LogP contribution >= 0.6 is 23.2 Å². The van der Waals surface area contributed by atoms with Gasteiger partial charge in [0, 0.05) is 28.5 Å². The number of benzene rings is 1. The van der Waals surface area contributed by atoms with E-state index in [4.69, 9.17) is 23.2 Å². The topological polar surface area (TPSA) is 24.9 Å². The standard InChI is InChI=1S/C16H18Cl2N2/c1-19-13(8-7-12-4-3-9-20-11-12)10-14-15(17)5-2-6-16(14)18/h2-6,9,11,13,19H,7-8,10H2,1H3.